The standard InChI is InChI=1S/C15H10F3NO3/c16-15(17,18)14(21)11(13(20)12-7-4-8-22-12)9-19-10-5-2-1-3-6-10/h1-9,20H/b13-11+,19-9?. The number of rotatable bonds is 4. The Morgan fingerprint density at radius 1 is 1.14 bits per heavy atom. The predicted molar refractivity (Wildman–Crippen MR) is 73.9 cm³/mol. The number of allylic oxidation sites excluding steroid dienone is 1. The molecule has 4 nitrogen and oxygen atoms in total. The fraction of sp³-hybridized carbons (Fsp3) is 0.0667. The molecule has 1 aromatic carbocycles. The van der Waals surface area contributed by atoms with Gasteiger partial charge in [-0.1, -0.05) is 18.2 Å². The van der Waals surface area contributed by atoms with Crippen LogP contribution in [-0.2, 0) is 4.79 Å². The molecule has 0 spiro atoms. The zero-order valence-electron chi connectivity index (χ0n) is 11.0. The summed E-state index contributed by atoms with van der Waals surface area (Å²) in [6.45, 7) is 0. The van der Waals surface area contributed by atoms with E-state index in [4.69, 9.17) is 4.42 Å². The van der Waals surface area contributed by atoms with Crippen LogP contribution in [0, 0.1) is 0 Å². The molecule has 22 heavy (non-hydrogen) atoms. The molecule has 0 saturated carbocycles. The van der Waals surface area contributed by atoms with Gasteiger partial charge in [0.1, 0.15) is 0 Å². The number of alkyl halides is 3. The molecule has 0 amide bonds. The van der Waals surface area contributed by atoms with Gasteiger partial charge in [0.25, 0.3) is 5.78 Å². The van der Waals surface area contributed by atoms with Crippen molar-refractivity contribution in [3.05, 3.63) is 60.1 Å². The van der Waals surface area contributed by atoms with Gasteiger partial charge in [-0.2, -0.15) is 13.2 Å². The molecule has 0 bridgehead atoms. The Bertz CT molecular complexity index is 701. The van der Waals surface area contributed by atoms with E-state index >= 15 is 0 Å². The summed E-state index contributed by atoms with van der Waals surface area (Å²) in [4.78, 5) is 15.2. The minimum Gasteiger partial charge on any atom is -0.504 e. The van der Waals surface area contributed by atoms with Gasteiger partial charge >= 0.3 is 6.18 Å². The maximum Gasteiger partial charge on any atom is 0.455 e. The third-order valence-electron chi connectivity index (χ3n) is 2.61. The predicted octanol–water partition coefficient (Wildman–Crippen LogP) is 4.08. The summed E-state index contributed by atoms with van der Waals surface area (Å²) in [6.07, 6.45) is -3.31. The quantitative estimate of drug-likeness (QED) is 0.526. The molecule has 0 aliphatic rings. The highest BCUT2D eigenvalue weighted by atomic mass is 19.4. The van der Waals surface area contributed by atoms with Crippen LogP contribution in [0.1, 0.15) is 5.76 Å². The van der Waals surface area contributed by atoms with Crippen molar-refractivity contribution in [3.8, 4) is 0 Å². The summed E-state index contributed by atoms with van der Waals surface area (Å²) in [7, 11) is 0. The van der Waals surface area contributed by atoms with Gasteiger partial charge < -0.3 is 9.52 Å². The second-order valence-electron chi connectivity index (χ2n) is 4.16. The Balaban J connectivity index is 2.45. The smallest absolute Gasteiger partial charge is 0.455 e. The van der Waals surface area contributed by atoms with Gasteiger partial charge in [-0.3, -0.25) is 9.79 Å². The third-order valence-corrected chi connectivity index (χ3v) is 2.61. The van der Waals surface area contributed by atoms with E-state index in [1.54, 1.807) is 18.2 Å². The summed E-state index contributed by atoms with van der Waals surface area (Å²) in [5, 5.41) is 9.85. The highest BCUT2D eigenvalue weighted by Gasteiger charge is 2.42. The van der Waals surface area contributed by atoms with E-state index in [-0.39, 0.29) is 5.76 Å². The molecule has 0 aliphatic carbocycles. The average Bonchev–Trinajstić information content (AvgIpc) is 3.01. The van der Waals surface area contributed by atoms with Gasteiger partial charge in [0.15, 0.2) is 11.5 Å². The third kappa shape index (κ3) is 3.63. The Morgan fingerprint density at radius 3 is 2.36 bits per heavy atom. The fourth-order valence-corrected chi connectivity index (χ4v) is 1.58. The van der Waals surface area contributed by atoms with Crippen molar-refractivity contribution in [2.24, 2.45) is 4.99 Å². The van der Waals surface area contributed by atoms with Crippen LogP contribution in [-0.4, -0.2) is 23.3 Å². The summed E-state index contributed by atoms with van der Waals surface area (Å²) in [6, 6.07) is 10.6. The number of carbonyl (C=O) groups excluding carboxylic acids is 1. The van der Waals surface area contributed by atoms with E-state index in [1.165, 1.54) is 24.3 Å². The van der Waals surface area contributed by atoms with Crippen molar-refractivity contribution < 1.29 is 27.5 Å². The SMILES string of the molecule is O=C(/C(C=Nc1ccccc1)=C(/O)c1ccco1)C(F)(F)F. The summed E-state index contributed by atoms with van der Waals surface area (Å²) >= 11 is 0. The van der Waals surface area contributed by atoms with Crippen LogP contribution >= 0.6 is 0 Å². The van der Waals surface area contributed by atoms with Crippen molar-refractivity contribution in [2.45, 2.75) is 6.18 Å². The number of Topliss-reactive ketones (excluding diaryl/α,β-unsaturated/α-hetero) is 1. The molecule has 0 saturated heterocycles. The number of ketones is 1. The van der Waals surface area contributed by atoms with Crippen molar-refractivity contribution in [2.75, 3.05) is 0 Å². The molecule has 0 unspecified atom stereocenters. The lowest BCUT2D eigenvalue weighted by molar-refractivity contribution is -0.165. The van der Waals surface area contributed by atoms with Gasteiger partial charge in [-0.05, 0) is 24.3 Å². The number of aliphatic hydroxyl groups excluding tert-OH is 1. The molecule has 0 atom stereocenters. The van der Waals surface area contributed by atoms with E-state index < -0.39 is 23.3 Å². The molecule has 114 valence electrons. The monoisotopic (exact) mass is 309 g/mol. The normalized spacial score (nSPS) is 13.2. The number of furan rings is 1. The number of para-hydroxylation sites is 1. The van der Waals surface area contributed by atoms with Gasteiger partial charge in [0, 0.05) is 6.21 Å². The number of aliphatic imine (C=N–C) groups is 1. The first kappa shape index (κ1) is 15.6. The number of halogens is 3. The second-order valence-corrected chi connectivity index (χ2v) is 4.16. The first-order valence-electron chi connectivity index (χ1n) is 6.07. The number of carbonyl (C=O) groups is 1. The van der Waals surface area contributed by atoms with Gasteiger partial charge in [0.05, 0.1) is 17.5 Å². The largest absolute Gasteiger partial charge is 0.504 e. The molecule has 2 rings (SSSR count). The highest BCUT2D eigenvalue weighted by Crippen LogP contribution is 2.25. The van der Waals surface area contributed by atoms with Crippen LogP contribution in [0.3, 0.4) is 0 Å². The van der Waals surface area contributed by atoms with E-state index in [1.807, 2.05) is 0 Å². The van der Waals surface area contributed by atoms with Crippen molar-refractivity contribution in [1.82, 2.24) is 0 Å². The first-order valence-corrected chi connectivity index (χ1v) is 6.07. The molecule has 0 radical (unpaired) electrons. The van der Waals surface area contributed by atoms with Crippen LogP contribution in [0.25, 0.3) is 5.76 Å². The molecule has 1 aromatic heterocycles. The summed E-state index contributed by atoms with van der Waals surface area (Å²) in [5.74, 6) is -3.39. The molecule has 1 heterocycles. The first-order chi connectivity index (χ1) is 10.4. The topological polar surface area (TPSA) is 62.8 Å². The molecular formula is C15H10F3NO3. The number of hydrogen-bond acceptors (Lipinski definition) is 4. The molecule has 0 aliphatic heterocycles. The average molecular weight is 309 g/mol. The van der Waals surface area contributed by atoms with E-state index in [0.717, 1.165) is 6.26 Å². The maximum atomic E-state index is 12.6. The Labute approximate surface area is 123 Å². The maximum absolute atomic E-state index is 12.6. The number of hydrogen-bond donors (Lipinski definition) is 1. The summed E-state index contributed by atoms with van der Waals surface area (Å²) in [5.41, 5.74) is -0.659. The van der Waals surface area contributed by atoms with Gasteiger partial charge in [0.2, 0.25) is 0 Å². The van der Waals surface area contributed by atoms with Crippen LogP contribution in [0.5, 0.6) is 0 Å². The lowest BCUT2D eigenvalue weighted by Gasteiger charge is -2.07. The van der Waals surface area contributed by atoms with Crippen molar-refractivity contribution in [3.63, 3.8) is 0 Å². The second kappa shape index (κ2) is 6.30. The van der Waals surface area contributed by atoms with Gasteiger partial charge in [-0.15, -0.1) is 0 Å². The Morgan fingerprint density at radius 2 is 1.82 bits per heavy atom. The molecule has 0 fully saturated rings. The summed E-state index contributed by atoms with van der Waals surface area (Å²) < 4.78 is 42.7. The number of aliphatic hydroxyl groups is 1. The van der Waals surface area contributed by atoms with Crippen LogP contribution in [0.4, 0.5) is 18.9 Å². The van der Waals surface area contributed by atoms with Crippen LogP contribution < -0.4 is 0 Å². The van der Waals surface area contributed by atoms with E-state index in [9.17, 15) is 23.1 Å². The lowest BCUT2D eigenvalue weighted by atomic mass is 10.1. The zero-order chi connectivity index (χ0) is 16.2. The van der Waals surface area contributed by atoms with Crippen molar-refractivity contribution >= 4 is 23.4 Å². The molecular weight excluding hydrogens is 299 g/mol. The fourth-order valence-electron chi connectivity index (χ4n) is 1.58. The van der Waals surface area contributed by atoms with Crippen LogP contribution in [0.15, 0.2) is 63.7 Å². The Hall–Kier alpha value is -2.83. The van der Waals surface area contributed by atoms with Gasteiger partial charge in [-0.25, -0.2) is 0 Å². The number of nitrogens with zero attached hydrogens (tertiary/aromatic N) is 1. The Kier molecular flexibility index (Phi) is 4.45. The highest BCUT2D eigenvalue weighted by molar-refractivity contribution is 6.20. The minimum absolute atomic E-state index is 0.257. The lowest BCUT2D eigenvalue weighted by Crippen LogP contribution is -2.26. The zero-order valence-corrected chi connectivity index (χ0v) is 11.0. The van der Waals surface area contributed by atoms with E-state index in [2.05, 4.69) is 4.99 Å². The number of benzene rings is 1. The van der Waals surface area contributed by atoms with E-state index in [0.29, 0.717) is 11.9 Å². The molecule has 7 heteroatoms. The molecule has 1 N–H and O–H groups in total. The van der Waals surface area contributed by atoms with Crippen molar-refractivity contribution in [1.29, 1.82) is 0 Å². The minimum atomic E-state index is -5.14. The molecule has 2 aromatic rings. The van der Waals surface area contributed by atoms with Crippen LogP contribution in [0.2, 0.25) is 0 Å².